The predicted molar refractivity (Wildman–Crippen MR) is 85.1 cm³/mol. The molecule has 4 bridgehead atoms. The lowest BCUT2D eigenvalue weighted by Crippen LogP contribution is -2.48. The lowest BCUT2D eigenvalue weighted by Gasteiger charge is -2.56. The van der Waals surface area contributed by atoms with E-state index in [2.05, 4.69) is 10.3 Å². The Kier molecular flexibility index (Phi) is 3.50. The molecule has 1 N–H and O–H groups in total. The van der Waals surface area contributed by atoms with Gasteiger partial charge in [-0.25, -0.2) is 4.98 Å². The van der Waals surface area contributed by atoms with Gasteiger partial charge in [0.25, 0.3) is 0 Å². The first-order valence-electron chi connectivity index (χ1n) is 8.84. The first-order chi connectivity index (χ1) is 10.6. The van der Waals surface area contributed by atoms with Crippen molar-refractivity contribution >= 4 is 5.91 Å². The Labute approximate surface area is 132 Å². The molecule has 5 rings (SSSR count). The maximum absolute atomic E-state index is 12.4. The second-order valence-corrected chi connectivity index (χ2v) is 8.22. The van der Waals surface area contributed by atoms with Crippen molar-refractivity contribution in [2.24, 2.45) is 30.2 Å². The van der Waals surface area contributed by atoms with E-state index in [1.54, 1.807) is 0 Å². The lowest BCUT2D eigenvalue weighted by atomic mass is 9.49. The highest BCUT2D eigenvalue weighted by Gasteiger charge is 2.51. The minimum atomic E-state index is 0.262. The van der Waals surface area contributed by atoms with Crippen LogP contribution in [0.15, 0.2) is 12.5 Å². The predicted octanol–water partition coefficient (Wildman–Crippen LogP) is 2.69. The minimum Gasteiger partial charge on any atom is -0.356 e. The van der Waals surface area contributed by atoms with Gasteiger partial charge in [-0.3, -0.25) is 4.79 Å². The van der Waals surface area contributed by atoms with Crippen LogP contribution in [0.4, 0.5) is 0 Å². The van der Waals surface area contributed by atoms with Gasteiger partial charge in [-0.15, -0.1) is 0 Å². The van der Waals surface area contributed by atoms with E-state index in [1.807, 2.05) is 24.1 Å². The topological polar surface area (TPSA) is 46.9 Å². The van der Waals surface area contributed by atoms with E-state index in [-0.39, 0.29) is 5.91 Å². The molecule has 0 aromatic carbocycles. The van der Waals surface area contributed by atoms with Crippen molar-refractivity contribution in [2.75, 3.05) is 6.54 Å². The van der Waals surface area contributed by atoms with Crippen LogP contribution in [0, 0.1) is 23.2 Å². The third kappa shape index (κ3) is 2.80. The number of nitrogens with zero attached hydrogens (tertiary/aromatic N) is 2. The quantitative estimate of drug-likeness (QED) is 0.909. The van der Waals surface area contributed by atoms with Crippen LogP contribution in [-0.4, -0.2) is 22.0 Å². The summed E-state index contributed by atoms with van der Waals surface area (Å²) < 4.78 is 1.95. The zero-order valence-electron chi connectivity index (χ0n) is 13.6. The summed E-state index contributed by atoms with van der Waals surface area (Å²) in [6, 6.07) is 0. The van der Waals surface area contributed by atoms with E-state index < -0.39 is 0 Å². The summed E-state index contributed by atoms with van der Waals surface area (Å²) in [4.78, 5) is 16.7. The number of carbonyl (C=O) groups is 1. The number of aryl methyl sites for hydroxylation is 1. The molecule has 0 atom stereocenters. The molecule has 4 saturated carbocycles. The Morgan fingerprint density at radius 1 is 1.27 bits per heavy atom. The number of nitrogens with one attached hydrogen (secondary N) is 1. The van der Waals surface area contributed by atoms with Gasteiger partial charge in [-0.2, -0.15) is 0 Å². The molecule has 0 aliphatic heterocycles. The van der Waals surface area contributed by atoms with Gasteiger partial charge in [0.05, 0.1) is 12.0 Å². The molecule has 1 heterocycles. The molecular formula is C18H27N3O. The first kappa shape index (κ1) is 14.3. The van der Waals surface area contributed by atoms with E-state index >= 15 is 0 Å². The maximum atomic E-state index is 12.4. The number of aromatic nitrogens is 2. The second kappa shape index (κ2) is 5.39. The van der Waals surface area contributed by atoms with Crippen LogP contribution in [-0.2, 0) is 18.3 Å². The molecule has 0 spiro atoms. The van der Waals surface area contributed by atoms with Crippen molar-refractivity contribution in [1.82, 2.24) is 14.9 Å². The van der Waals surface area contributed by atoms with Gasteiger partial charge < -0.3 is 9.88 Å². The Balaban J connectivity index is 1.29. The van der Waals surface area contributed by atoms with Gasteiger partial charge >= 0.3 is 0 Å². The van der Waals surface area contributed by atoms with E-state index in [9.17, 15) is 4.79 Å². The van der Waals surface area contributed by atoms with Crippen molar-refractivity contribution in [2.45, 2.75) is 51.4 Å². The normalized spacial score (nSPS) is 35.8. The summed E-state index contributed by atoms with van der Waals surface area (Å²) in [5.41, 5.74) is 1.40. The third-order valence-electron chi connectivity index (χ3n) is 6.16. The molecule has 4 aliphatic rings. The molecule has 4 aliphatic carbocycles. The molecule has 0 radical (unpaired) electrons. The Bertz CT molecular complexity index is 527. The zero-order valence-corrected chi connectivity index (χ0v) is 13.6. The molecule has 4 nitrogen and oxygen atoms in total. The minimum absolute atomic E-state index is 0.262. The van der Waals surface area contributed by atoms with Crippen LogP contribution in [0.25, 0.3) is 0 Å². The highest BCUT2D eigenvalue weighted by atomic mass is 16.1. The summed E-state index contributed by atoms with van der Waals surface area (Å²) >= 11 is 0. The summed E-state index contributed by atoms with van der Waals surface area (Å²) in [6.45, 7) is 0.711. The summed E-state index contributed by atoms with van der Waals surface area (Å²) in [5.74, 6) is 3.03. The van der Waals surface area contributed by atoms with Crippen molar-refractivity contribution in [3.63, 3.8) is 0 Å². The SMILES string of the molecule is Cn1cnc(CCNC(=O)CC23CC4CC(CC(C4)C2)C3)c1. The second-order valence-electron chi connectivity index (χ2n) is 8.22. The largest absolute Gasteiger partial charge is 0.356 e. The first-order valence-corrected chi connectivity index (χ1v) is 8.84. The summed E-state index contributed by atoms with van der Waals surface area (Å²) in [6.07, 6.45) is 13.7. The molecule has 4 fully saturated rings. The van der Waals surface area contributed by atoms with Crippen LogP contribution >= 0.6 is 0 Å². The van der Waals surface area contributed by atoms with Crippen molar-refractivity contribution in [3.05, 3.63) is 18.2 Å². The molecule has 4 heteroatoms. The highest BCUT2D eigenvalue weighted by molar-refractivity contribution is 5.76. The number of imidazole rings is 1. The number of rotatable bonds is 5. The molecule has 22 heavy (non-hydrogen) atoms. The van der Waals surface area contributed by atoms with Gasteiger partial charge in [-0.1, -0.05) is 0 Å². The zero-order chi connectivity index (χ0) is 15.2. The molecule has 0 unspecified atom stereocenters. The van der Waals surface area contributed by atoms with Crippen molar-refractivity contribution in [3.8, 4) is 0 Å². The monoisotopic (exact) mass is 301 g/mol. The van der Waals surface area contributed by atoms with Crippen LogP contribution in [0.2, 0.25) is 0 Å². The average Bonchev–Trinajstić information content (AvgIpc) is 2.82. The Morgan fingerprint density at radius 3 is 2.45 bits per heavy atom. The number of hydrogen-bond donors (Lipinski definition) is 1. The summed E-state index contributed by atoms with van der Waals surface area (Å²) in [5, 5.41) is 3.13. The Hall–Kier alpha value is -1.32. The number of amides is 1. The van der Waals surface area contributed by atoms with Crippen LogP contribution in [0.5, 0.6) is 0 Å². The number of carbonyl (C=O) groups excluding carboxylic acids is 1. The van der Waals surface area contributed by atoms with Gasteiger partial charge in [0.1, 0.15) is 0 Å². The molecule has 120 valence electrons. The average molecular weight is 301 g/mol. The van der Waals surface area contributed by atoms with E-state index in [0.29, 0.717) is 12.0 Å². The fraction of sp³-hybridized carbons (Fsp3) is 0.778. The standard InChI is InChI=1S/C18H27N3O/c1-21-11-16(20-12-21)2-3-19-17(22)10-18-7-13-4-14(8-18)6-15(5-13)9-18/h11-15H,2-10H2,1H3,(H,19,22). The van der Waals surface area contributed by atoms with Crippen LogP contribution < -0.4 is 5.32 Å². The number of hydrogen-bond acceptors (Lipinski definition) is 2. The van der Waals surface area contributed by atoms with Crippen LogP contribution in [0.1, 0.15) is 50.6 Å². The molecule has 1 aromatic heterocycles. The maximum Gasteiger partial charge on any atom is 0.220 e. The van der Waals surface area contributed by atoms with E-state index in [1.165, 1.54) is 38.5 Å². The van der Waals surface area contributed by atoms with Crippen molar-refractivity contribution in [1.29, 1.82) is 0 Å². The van der Waals surface area contributed by atoms with Gasteiger partial charge in [-0.05, 0) is 61.7 Å². The summed E-state index contributed by atoms with van der Waals surface area (Å²) in [7, 11) is 1.97. The Morgan fingerprint density at radius 2 is 1.91 bits per heavy atom. The van der Waals surface area contributed by atoms with Gasteiger partial charge in [0, 0.05) is 32.6 Å². The van der Waals surface area contributed by atoms with E-state index in [4.69, 9.17) is 0 Å². The smallest absolute Gasteiger partial charge is 0.220 e. The fourth-order valence-electron chi connectivity index (χ4n) is 5.84. The third-order valence-corrected chi connectivity index (χ3v) is 6.16. The highest BCUT2D eigenvalue weighted by Crippen LogP contribution is 2.61. The lowest BCUT2D eigenvalue weighted by molar-refractivity contribution is -0.129. The molecule has 1 aromatic rings. The van der Waals surface area contributed by atoms with Crippen LogP contribution in [0.3, 0.4) is 0 Å². The van der Waals surface area contributed by atoms with Gasteiger partial charge in [0.2, 0.25) is 5.91 Å². The van der Waals surface area contributed by atoms with Crippen molar-refractivity contribution < 1.29 is 4.79 Å². The van der Waals surface area contributed by atoms with E-state index in [0.717, 1.165) is 36.3 Å². The molecule has 1 amide bonds. The molecule has 0 saturated heterocycles. The molecular weight excluding hydrogens is 274 g/mol. The fourth-order valence-corrected chi connectivity index (χ4v) is 5.84. The van der Waals surface area contributed by atoms with Gasteiger partial charge in [0.15, 0.2) is 0 Å².